The van der Waals surface area contributed by atoms with Crippen molar-refractivity contribution in [2.24, 2.45) is 5.50 Å². The quantitative estimate of drug-likeness (QED) is 0.367. The fourth-order valence-corrected chi connectivity index (χ4v) is 0.811. The van der Waals surface area contributed by atoms with Crippen molar-refractivity contribution in [3.05, 3.63) is 0 Å². The van der Waals surface area contributed by atoms with Gasteiger partial charge in [0.25, 0.3) is 0 Å². The molecule has 0 aliphatic carbocycles. The Balaban J connectivity index is 2.31. The Bertz CT molecular complexity index is 79.6. The fourth-order valence-electron chi connectivity index (χ4n) is 0.270. The van der Waals surface area contributed by atoms with Gasteiger partial charge < -0.3 is 0 Å². The topological polar surface area (TPSA) is 46.1 Å². The van der Waals surface area contributed by atoms with Crippen molar-refractivity contribution in [3.63, 3.8) is 0 Å². The molecule has 0 amide bonds. The van der Waals surface area contributed by atoms with Crippen LogP contribution < -0.4 is 5.50 Å². The summed E-state index contributed by atoms with van der Waals surface area (Å²) in [4.78, 5) is 0. The Morgan fingerprint density at radius 1 is 1.67 bits per heavy atom. The predicted octanol–water partition coefficient (Wildman–Crippen LogP) is -0.350. The average Bonchev–Trinajstić information content (AvgIpc) is 2.06. The first-order valence-electron chi connectivity index (χ1n) is 1.85. The summed E-state index contributed by atoms with van der Waals surface area (Å²) in [5.41, 5.74) is 4.97. The van der Waals surface area contributed by atoms with Crippen LogP contribution in [0.3, 0.4) is 0 Å². The highest BCUT2D eigenvalue weighted by Gasteiger charge is 2.19. The first kappa shape index (κ1) is 4.31. The number of hydrogen-bond donors (Lipinski definition) is 1. The fraction of sp³-hybridized carbons (Fsp3) is 1.00. The van der Waals surface area contributed by atoms with Gasteiger partial charge in [-0.15, -0.1) is 0 Å². The number of rotatable bonds is 1. The monoisotopic (exact) mass is 106 g/mol. The zero-order chi connectivity index (χ0) is 4.57. The Morgan fingerprint density at radius 2 is 2.17 bits per heavy atom. The Morgan fingerprint density at radius 3 is 2.17 bits per heavy atom. The summed E-state index contributed by atoms with van der Waals surface area (Å²) in [6, 6.07) is 0. The van der Waals surface area contributed by atoms with E-state index in [0.717, 1.165) is 13.1 Å². The third-order valence-electron chi connectivity index (χ3n) is 0.759. The van der Waals surface area contributed by atoms with E-state index >= 15 is 0 Å². The SMILES string of the molecule is N[PH](=O)N1CC1. The lowest BCUT2D eigenvalue weighted by Crippen LogP contribution is -1.86. The summed E-state index contributed by atoms with van der Waals surface area (Å²) in [6.45, 7) is 1.88. The lowest BCUT2D eigenvalue weighted by atomic mass is 11.0. The third kappa shape index (κ3) is 0.805. The lowest BCUT2D eigenvalue weighted by Gasteiger charge is -1.85. The Labute approximate surface area is 37.0 Å². The van der Waals surface area contributed by atoms with Crippen LogP contribution in [0.25, 0.3) is 0 Å². The van der Waals surface area contributed by atoms with Crippen molar-refractivity contribution in [1.82, 2.24) is 4.67 Å². The van der Waals surface area contributed by atoms with Crippen molar-refractivity contribution in [2.45, 2.75) is 0 Å². The van der Waals surface area contributed by atoms with Crippen LogP contribution in [0.1, 0.15) is 0 Å². The number of hydrogen-bond acceptors (Lipinski definition) is 1. The molecule has 0 saturated carbocycles. The molecule has 4 heteroatoms. The minimum atomic E-state index is -1.76. The Hall–Kier alpha value is 0.150. The molecular weight excluding hydrogens is 99.0 g/mol. The van der Waals surface area contributed by atoms with Gasteiger partial charge in [0.15, 0.2) is 8.10 Å². The zero-order valence-corrected chi connectivity index (χ0v) is 4.35. The largest absolute Gasteiger partial charge is 0.293 e. The lowest BCUT2D eigenvalue weighted by molar-refractivity contribution is 0.568. The summed E-state index contributed by atoms with van der Waals surface area (Å²) in [7, 11) is -1.76. The van der Waals surface area contributed by atoms with E-state index in [-0.39, 0.29) is 0 Å². The normalized spacial score (nSPS) is 26.8. The maximum atomic E-state index is 10.1. The molecule has 3 nitrogen and oxygen atoms in total. The van der Waals surface area contributed by atoms with Gasteiger partial charge in [-0.1, -0.05) is 0 Å². The standard InChI is InChI=1S/C2H7N2OP/c3-6(5)4-1-2-4/h6H,1-2H2,(H2,3,5). The summed E-state index contributed by atoms with van der Waals surface area (Å²) in [5.74, 6) is 0. The van der Waals surface area contributed by atoms with Crippen LogP contribution >= 0.6 is 8.10 Å². The van der Waals surface area contributed by atoms with Gasteiger partial charge in [0.1, 0.15) is 0 Å². The van der Waals surface area contributed by atoms with Gasteiger partial charge in [0.2, 0.25) is 0 Å². The molecule has 1 rings (SSSR count). The van der Waals surface area contributed by atoms with Crippen molar-refractivity contribution >= 4 is 8.10 Å². The van der Waals surface area contributed by atoms with Gasteiger partial charge in [-0.25, -0.2) is 4.67 Å². The maximum absolute atomic E-state index is 10.1. The molecule has 0 aromatic heterocycles. The minimum absolute atomic E-state index is 0.939. The smallest absolute Gasteiger partial charge is 0.199 e. The maximum Gasteiger partial charge on any atom is 0.199 e. The average molecular weight is 106 g/mol. The molecule has 0 radical (unpaired) electrons. The van der Waals surface area contributed by atoms with Crippen LogP contribution in [0.4, 0.5) is 0 Å². The van der Waals surface area contributed by atoms with Crippen LogP contribution in [0.5, 0.6) is 0 Å². The summed E-state index contributed by atoms with van der Waals surface area (Å²) in [6.07, 6.45) is 0. The predicted molar refractivity (Wildman–Crippen MR) is 24.8 cm³/mol. The second-order valence-electron chi connectivity index (χ2n) is 1.33. The number of nitrogens with zero attached hydrogens (tertiary/aromatic N) is 1. The van der Waals surface area contributed by atoms with Crippen LogP contribution in [0, 0.1) is 0 Å². The molecular formula is C2H7N2OP. The van der Waals surface area contributed by atoms with Gasteiger partial charge in [-0.2, -0.15) is 0 Å². The molecule has 0 aromatic carbocycles. The summed E-state index contributed by atoms with van der Waals surface area (Å²) >= 11 is 0. The Kier molecular flexibility index (Phi) is 0.960. The molecule has 1 heterocycles. The van der Waals surface area contributed by atoms with Crippen LogP contribution in [0.2, 0.25) is 0 Å². The number of nitrogens with two attached hydrogens (primary N) is 1. The highest BCUT2D eigenvalue weighted by atomic mass is 31.1. The molecule has 1 aliphatic heterocycles. The molecule has 1 aliphatic rings. The highest BCUT2D eigenvalue weighted by molar-refractivity contribution is 7.39. The van der Waals surface area contributed by atoms with E-state index in [1.165, 1.54) is 0 Å². The van der Waals surface area contributed by atoms with Crippen molar-refractivity contribution < 1.29 is 4.57 Å². The van der Waals surface area contributed by atoms with E-state index in [2.05, 4.69) is 0 Å². The molecule has 1 unspecified atom stereocenters. The molecule has 0 aromatic rings. The zero-order valence-electron chi connectivity index (χ0n) is 3.35. The van der Waals surface area contributed by atoms with E-state index in [9.17, 15) is 4.57 Å². The van der Waals surface area contributed by atoms with Crippen LogP contribution in [-0.4, -0.2) is 17.8 Å². The van der Waals surface area contributed by atoms with Gasteiger partial charge in [0, 0.05) is 13.1 Å². The van der Waals surface area contributed by atoms with Crippen LogP contribution in [0.15, 0.2) is 0 Å². The molecule has 0 spiro atoms. The second-order valence-corrected chi connectivity index (χ2v) is 2.63. The van der Waals surface area contributed by atoms with Gasteiger partial charge in [-0.05, 0) is 0 Å². The first-order chi connectivity index (χ1) is 2.80. The van der Waals surface area contributed by atoms with Gasteiger partial charge in [0.05, 0.1) is 0 Å². The highest BCUT2D eigenvalue weighted by Crippen LogP contribution is 2.24. The van der Waals surface area contributed by atoms with Crippen molar-refractivity contribution in [2.75, 3.05) is 13.1 Å². The molecule has 1 atom stereocenters. The van der Waals surface area contributed by atoms with E-state index in [4.69, 9.17) is 5.50 Å². The molecule has 1 fully saturated rings. The van der Waals surface area contributed by atoms with Crippen molar-refractivity contribution in [3.8, 4) is 0 Å². The molecule has 1 saturated heterocycles. The molecule has 6 heavy (non-hydrogen) atoms. The van der Waals surface area contributed by atoms with E-state index in [1.54, 1.807) is 4.67 Å². The first-order valence-corrected chi connectivity index (χ1v) is 3.28. The third-order valence-corrected chi connectivity index (χ3v) is 1.83. The van der Waals surface area contributed by atoms with E-state index in [1.807, 2.05) is 0 Å². The molecule has 2 N–H and O–H groups in total. The van der Waals surface area contributed by atoms with Crippen molar-refractivity contribution in [1.29, 1.82) is 0 Å². The molecule has 36 valence electrons. The summed E-state index contributed by atoms with van der Waals surface area (Å²) < 4.78 is 11.8. The van der Waals surface area contributed by atoms with Gasteiger partial charge >= 0.3 is 0 Å². The second kappa shape index (κ2) is 1.34. The van der Waals surface area contributed by atoms with E-state index < -0.39 is 8.10 Å². The minimum Gasteiger partial charge on any atom is -0.293 e. The summed E-state index contributed by atoms with van der Waals surface area (Å²) in [5, 5.41) is 0. The van der Waals surface area contributed by atoms with E-state index in [0.29, 0.717) is 0 Å². The van der Waals surface area contributed by atoms with Crippen LogP contribution in [-0.2, 0) is 4.57 Å². The molecule has 0 bridgehead atoms. The van der Waals surface area contributed by atoms with Gasteiger partial charge in [-0.3, -0.25) is 10.1 Å².